The summed E-state index contributed by atoms with van der Waals surface area (Å²) in [6.07, 6.45) is 1.17. The van der Waals surface area contributed by atoms with Crippen molar-refractivity contribution < 1.29 is 14.3 Å². The summed E-state index contributed by atoms with van der Waals surface area (Å²) in [6.45, 7) is 4.48. The first-order chi connectivity index (χ1) is 12.4. The van der Waals surface area contributed by atoms with Gasteiger partial charge >= 0.3 is 6.09 Å². The van der Waals surface area contributed by atoms with Gasteiger partial charge in [0.05, 0.1) is 24.2 Å². The van der Waals surface area contributed by atoms with Crippen LogP contribution < -0.4 is 5.32 Å². The molecule has 26 heavy (non-hydrogen) atoms. The summed E-state index contributed by atoms with van der Waals surface area (Å²) < 4.78 is 5.80. The molecular weight excluding hydrogens is 447 g/mol. The summed E-state index contributed by atoms with van der Waals surface area (Å²) >= 11 is 2.27. The van der Waals surface area contributed by atoms with Crippen LogP contribution in [0.25, 0.3) is 11.0 Å². The number of ether oxygens (including phenoxy) is 1. The number of imidazole rings is 1. The summed E-state index contributed by atoms with van der Waals surface area (Å²) in [5.41, 5.74) is 1.87. The van der Waals surface area contributed by atoms with Gasteiger partial charge < -0.3 is 19.9 Å². The van der Waals surface area contributed by atoms with Crippen molar-refractivity contribution in [2.75, 3.05) is 13.7 Å². The number of hydrogen-bond donors (Lipinski definition) is 2. The molecule has 1 aliphatic heterocycles. The van der Waals surface area contributed by atoms with E-state index in [9.17, 15) is 9.59 Å². The lowest BCUT2D eigenvalue weighted by molar-refractivity contribution is -0.135. The molecule has 8 heteroatoms. The second-order valence-electron chi connectivity index (χ2n) is 6.83. The molecule has 0 radical (unpaired) electrons. The van der Waals surface area contributed by atoms with Crippen molar-refractivity contribution in [1.82, 2.24) is 20.2 Å². The molecule has 1 aromatic carbocycles. The minimum Gasteiger partial charge on any atom is -0.453 e. The Bertz CT molecular complexity index is 820. The summed E-state index contributed by atoms with van der Waals surface area (Å²) in [7, 11) is 1.30. The Kier molecular flexibility index (Phi) is 5.69. The normalized spacial score (nSPS) is 18.3. The van der Waals surface area contributed by atoms with Crippen molar-refractivity contribution >= 4 is 45.6 Å². The molecule has 0 aliphatic carbocycles. The monoisotopic (exact) mass is 470 g/mol. The van der Waals surface area contributed by atoms with E-state index in [1.54, 1.807) is 0 Å². The lowest BCUT2D eigenvalue weighted by Crippen LogP contribution is -2.51. The maximum Gasteiger partial charge on any atom is 0.407 e. The maximum absolute atomic E-state index is 13.1. The van der Waals surface area contributed by atoms with Crippen molar-refractivity contribution in [3.05, 3.63) is 27.6 Å². The van der Waals surface area contributed by atoms with E-state index in [2.05, 4.69) is 42.6 Å². The minimum absolute atomic E-state index is 0.0416. The zero-order chi connectivity index (χ0) is 18.8. The fraction of sp³-hybridized carbons (Fsp3) is 0.500. The van der Waals surface area contributed by atoms with Crippen molar-refractivity contribution in [3.8, 4) is 0 Å². The highest BCUT2D eigenvalue weighted by molar-refractivity contribution is 14.1. The van der Waals surface area contributed by atoms with E-state index in [1.807, 2.05) is 36.9 Å². The fourth-order valence-electron chi connectivity index (χ4n) is 3.35. The van der Waals surface area contributed by atoms with Crippen LogP contribution in [0, 0.1) is 9.49 Å². The number of benzene rings is 1. The lowest BCUT2D eigenvalue weighted by atomic mass is 10.0. The van der Waals surface area contributed by atoms with Gasteiger partial charge in [0, 0.05) is 10.1 Å². The van der Waals surface area contributed by atoms with Crippen LogP contribution in [0.4, 0.5) is 4.79 Å². The molecule has 1 saturated heterocycles. The van der Waals surface area contributed by atoms with Crippen molar-refractivity contribution in [2.45, 2.75) is 38.8 Å². The number of alkyl carbamates (subject to hydrolysis) is 1. The molecule has 0 saturated carbocycles. The zero-order valence-electron chi connectivity index (χ0n) is 15.1. The number of carbonyl (C=O) groups is 2. The van der Waals surface area contributed by atoms with Crippen LogP contribution >= 0.6 is 22.6 Å². The second-order valence-corrected chi connectivity index (χ2v) is 8.08. The van der Waals surface area contributed by atoms with Gasteiger partial charge in [-0.25, -0.2) is 9.78 Å². The molecule has 140 valence electrons. The Morgan fingerprint density at radius 1 is 1.42 bits per heavy atom. The second kappa shape index (κ2) is 7.81. The highest BCUT2D eigenvalue weighted by Gasteiger charge is 2.37. The van der Waals surface area contributed by atoms with Crippen LogP contribution in [0.3, 0.4) is 0 Å². The number of H-pyrrole nitrogens is 1. The SMILES string of the molecule is COC(=O)N[C@H](C(=O)N1CCC[C@H]1c1nc2ccc(I)cc2[nH]1)C(C)C. The third-order valence-corrected chi connectivity index (χ3v) is 5.38. The lowest BCUT2D eigenvalue weighted by Gasteiger charge is -2.29. The van der Waals surface area contributed by atoms with E-state index in [1.165, 1.54) is 7.11 Å². The third kappa shape index (κ3) is 3.79. The first-order valence-electron chi connectivity index (χ1n) is 8.71. The quantitative estimate of drug-likeness (QED) is 0.672. The first-order valence-corrected chi connectivity index (χ1v) is 9.78. The average molecular weight is 470 g/mol. The number of fused-ring (bicyclic) bond motifs is 1. The number of rotatable bonds is 4. The molecule has 2 amide bonds. The van der Waals surface area contributed by atoms with E-state index in [-0.39, 0.29) is 17.9 Å². The van der Waals surface area contributed by atoms with Crippen LogP contribution in [-0.2, 0) is 9.53 Å². The van der Waals surface area contributed by atoms with Gasteiger partial charge in [0.2, 0.25) is 5.91 Å². The molecule has 1 fully saturated rings. The summed E-state index contributed by atoms with van der Waals surface area (Å²) in [6, 6.07) is 5.32. The molecule has 3 rings (SSSR count). The Morgan fingerprint density at radius 3 is 2.88 bits per heavy atom. The van der Waals surface area contributed by atoms with Crippen LogP contribution in [0.2, 0.25) is 0 Å². The maximum atomic E-state index is 13.1. The largest absolute Gasteiger partial charge is 0.453 e. The number of methoxy groups -OCH3 is 1. The van der Waals surface area contributed by atoms with E-state index in [0.29, 0.717) is 6.54 Å². The number of aromatic nitrogens is 2. The van der Waals surface area contributed by atoms with Gasteiger partial charge in [-0.05, 0) is 59.5 Å². The molecular formula is C18H23IN4O3. The highest BCUT2D eigenvalue weighted by Crippen LogP contribution is 2.32. The van der Waals surface area contributed by atoms with Crippen LogP contribution in [0.5, 0.6) is 0 Å². The Labute approximate surface area is 166 Å². The zero-order valence-corrected chi connectivity index (χ0v) is 17.2. The van der Waals surface area contributed by atoms with Gasteiger partial charge in [-0.1, -0.05) is 13.8 Å². The number of aromatic amines is 1. The van der Waals surface area contributed by atoms with Crippen LogP contribution in [-0.4, -0.2) is 46.6 Å². The predicted octanol–water partition coefficient (Wildman–Crippen LogP) is 3.21. The molecule has 0 spiro atoms. The molecule has 0 unspecified atom stereocenters. The van der Waals surface area contributed by atoms with Gasteiger partial charge in [-0.2, -0.15) is 0 Å². The average Bonchev–Trinajstić information content (AvgIpc) is 3.24. The summed E-state index contributed by atoms with van der Waals surface area (Å²) in [5, 5.41) is 2.66. The fourth-order valence-corrected chi connectivity index (χ4v) is 3.84. The smallest absolute Gasteiger partial charge is 0.407 e. The number of nitrogens with one attached hydrogen (secondary N) is 2. The molecule has 1 aliphatic rings. The Morgan fingerprint density at radius 2 is 2.19 bits per heavy atom. The highest BCUT2D eigenvalue weighted by atomic mass is 127. The number of likely N-dealkylation sites (tertiary alicyclic amines) is 1. The number of hydrogen-bond acceptors (Lipinski definition) is 4. The van der Waals surface area contributed by atoms with Gasteiger partial charge in [-0.3, -0.25) is 4.79 Å². The van der Waals surface area contributed by atoms with Gasteiger partial charge in [0.15, 0.2) is 0 Å². The van der Waals surface area contributed by atoms with E-state index >= 15 is 0 Å². The Hall–Kier alpha value is -1.84. The van der Waals surface area contributed by atoms with Crippen molar-refractivity contribution in [3.63, 3.8) is 0 Å². The van der Waals surface area contributed by atoms with Crippen LogP contribution in [0.1, 0.15) is 38.6 Å². The van der Waals surface area contributed by atoms with E-state index < -0.39 is 12.1 Å². The van der Waals surface area contributed by atoms with E-state index in [4.69, 9.17) is 0 Å². The summed E-state index contributed by atoms with van der Waals surface area (Å²) in [4.78, 5) is 34.6. The number of halogens is 1. The molecule has 2 heterocycles. The number of nitrogens with zero attached hydrogens (tertiary/aromatic N) is 2. The van der Waals surface area contributed by atoms with Crippen molar-refractivity contribution in [2.24, 2.45) is 5.92 Å². The molecule has 1 aromatic heterocycles. The Balaban J connectivity index is 1.85. The van der Waals surface area contributed by atoms with Gasteiger partial charge in [-0.15, -0.1) is 0 Å². The third-order valence-electron chi connectivity index (χ3n) is 4.71. The standard InChI is InChI=1S/C18H23IN4O3/c1-10(2)15(22-18(25)26-3)17(24)23-8-4-5-14(23)16-20-12-7-6-11(19)9-13(12)21-16/h6-7,9-10,14-15H,4-5,8H2,1-3H3,(H,20,21)(H,22,25)/t14-,15-/m0/s1. The molecule has 2 N–H and O–H groups in total. The molecule has 2 atom stereocenters. The minimum atomic E-state index is -0.617. The topological polar surface area (TPSA) is 87.3 Å². The van der Waals surface area contributed by atoms with Gasteiger partial charge in [0.25, 0.3) is 0 Å². The van der Waals surface area contributed by atoms with Crippen LogP contribution in [0.15, 0.2) is 18.2 Å². The van der Waals surface area contributed by atoms with Gasteiger partial charge in [0.1, 0.15) is 11.9 Å². The predicted molar refractivity (Wildman–Crippen MR) is 107 cm³/mol. The molecule has 2 aromatic rings. The number of carbonyl (C=O) groups excluding carboxylic acids is 2. The number of amides is 2. The van der Waals surface area contributed by atoms with Crippen molar-refractivity contribution in [1.29, 1.82) is 0 Å². The molecule has 7 nitrogen and oxygen atoms in total. The molecule has 0 bridgehead atoms. The van der Waals surface area contributed by atoms with E-state index in [0.717, 1.165) is 33.3 Å². The summed E-state index contributed by atoms with van der Waals surface area (Å²) in [5.74, 6) is 0.663. The first kappa shape index (κ1) is 18.9.